The van der Waals surface area contributed by atoms with Crippen molar-refractivity contribution in [2.24, 2.45) is 17.6 Å². The van der Waals surface area contributed by atoms with Crippen molar-refractivity contribution in [2.45, 2.75) is 26.8 Å². The maximum atomic E-state index is 12.2. The average Bonchev–Trinajstić information content (AvgIpc) is 2.27. The largest absolute Gasteiger partial charge is 0.393 e. The van der Waals surface area contributed by atoms with Gasteiger partial charge in [0.05, 0.1) is 16.9 Å². The van der Waals surface area contributed by atoms with Crippen LogP contribution >= 0.6 is 28.1 Å². The fourth-order valence-electron chi connectivity index (χ4n) is 1.92. The minimum atomic E-state index is -0.426. The third-order valence-electron chi connectivity index (χ3n) is 2.96. The van der Waals surface area contributed by atoms with Crippen molar-refractivity contribution >= 4 is 39.0 Å². The Morgan fingerprint density at radius 2 is 2.00 bits per heavy atom. The number of halogens is 1. The van der Waals surface area contributed by atoms with E-state index in [4.69, 9.17) is 18.0 Å². The van der Waals surface area contributed by atoms with E-state index in [1.165, 1.54) is 0 Å². The van der Waals surface area contributed by atoms with E-state index in [0.29, 0.717) is 0 Å². The fourth-order valence-corrected chi connectivity index (χ4v) is 2.72. The molecule has 0 aliphatic rings. The van der Waals surface area contributed by atoms with Gasteiger partial charge in [0.25, 0.3) is 0 Å². The molecule has 5 heteroatoms. The van der Waals surface area contributed by atoms with E-state index in [2.05, 4.69) is 21.2 Å². The lowest BCUT2D eigenvalue weighted by atomic mass is 9.94. The maximum absolute atomic E-state index is 12.2. The molecule has 0 heterocycles. The molecule has 1 amide bonds. The van der Waals surface area contributed by atoms with Gasteiger partial charge in [-0.25, -0.2) is 0 Å². The summed E-state index contributed by atoms with van der Waals surface area (Å²) in [6.07, 6.45) is 0. The van der Waals surface area contributed by atoms with Gasteiger partial charge in [-0.2, -0.15) is 0 Å². The number of benzene rings is 1. The van der Waals surface area contributed by atoms with Crippen LogP contribution in [-0.2, 0) is 4.79 Å². The number of carbonyl (C=O) groups is 1. The van der Waals surface area contributed by atoms with Gasteiger partial charge < -0.3 is 11.1 Å². The smallest absolute Gasteiger partial charge is 0.230 e. The molecule has 0 bridgehead atoms. The molecule has 3 N–H and O–H groups in total. The quantitative estimate of drug-likeness (QED) is 0.808. The lowest BCUT2D eigenvalue weighted by Gasteiger charge is -2.22. The highest BCUT2D eigenvalue weighted by Crippen LogP contribution is 2.19. The molecule has 0 fully saturated rings. The average molecular weight is 343 g/mol. The molecule has 1 aromatic rings. The molecule has 0 radical (unpaired) electrons. The first-order valence-electron chi connectivity index (χ1n) is 6.18. The Bertz CT molecular complexity index is 476. The highest BCUT2D eigenvalue weighted by molar-refractivity contribution is 9.10. The van der Waals surface area contributed by atoms with E-state index in [-0.39, 0.29) is 22.9 Å². The number of thiocarbonyl (C=S) groups is 1. The molecule has 0 spiro atoms. The third-order valence-corrected chi connectivity index (χ3v) is 3.71. The predicted molar refractivity (Wildman–Crippen MR) is 85.8 cm³/mol. The first-order valence-corrected chi connectivity index (χ1v) is 7.38. The molecule has 2 unspecified atom stereocenters. The molecule has 2 atom stereocenters. The Balaban J connectivity index is 2.78. The zero-order valence-corrected chi connectivity index (χ0v) is 13.7. The number of nitrogens with one attached hydrogen (secondary N) is 1. The Morgan fingerprint density at radius 1 is 1.37 bits per heavy atom. The minimum Gasteiger partial charge on any atom is -0.393 e. The van der Waals surface area contributed by atoms with Crippen LogP contribution in [0.5, 0.6) is 0 Å². The summed E-state index contributed by atoms with van der Waals surface area (Å²) < 4.78 is 0.987. The molecule has 19 heavy (non-hydrogen) atoms. The second-order valence-corrected chi connectivity index (χ2v) is 6.30. The van der Waals surface area contributed by atoms with Gasteiger partial charge in [0.1, 0.15) is 0 Å². The van der Waals surface area contributed by atoms with E-state index in [0.717, 1.165) is 10.0 Å². The summed E-state index contributed by atoms with van der Waals surface area (Å²) in [6.45, 7) is 5.82. The maximum Gasteiger partial charge on any atom is 0.230 e. The van der Waals surface area contributed by atoms with Crippen molar-refractivity contribution in [3.8, 4) is 0 Å². The van der Waals surface area contributed by atoms with Crippen LogP contribution in [0.3, 0.4) is 0 Å². The summed E-state index contributed by atoms with van der Waals surface area (Å²) in [4.78, 5) is 12.4. The lowest BCUT2D eigenvalue weighted by molar-refractivity contribution is -0.124. The molecular weight excluding hydrogens is 324 g/mol. The normalized spacial score (nSPS) is 13.9. The zero-order chi connectivity index (χ0) is 14.6. The second kappa shape index (κ2) is 7.01. The van der Waals surface area contributed by atoms with Crippen LogP contribution in [0, 0.1) is 11.8 Å². The summed E-state index contributed by atoms with van der Waals surface area (Å²) in [6, 6.07) is 7.76. The topological polar surface area (TPSA) is 55.1 Å². The number of amides is 1. The van der Waals surface area contributed by atoms with Crippen molar-refractivity contribution in [3.05, 3.63) is 34.3 Å². The van der Waals surface area contributed by atoms with Gasteiger partial charge in [-0.15, -0.1) is 0 Å². The molecule has 0 aliphatic carbocycles. The number of nitrogens with two attached hydrogens (primary N) is 1. The standard InChI is InChI=1S/C14H19BrN2OS/c1-8(2)12(13(16)19)14(18)17-9(3)10-5-4-6-11(15)7-10/h4-9,12H,1-3H3,(H2,16,19)(H,17,18). The van der Waals surface area contributed by atoms with Crippen molar-refractivity contribution in [2.75, 3.05) is 0 Å². The summed E-state index contributed by atoms with van der Waals surface area (Å²) >= 11 is 8.39. The first-order chi connectivity index (χ1) is 8.82. The predicted octanol–water partition coefficient (Wildman–Crippen LogP) is 3.18. The summed E-state index contributed by atoms with van der Waals surface area (Å²) in [5, 5.41) is 2.96. The Labute approximate surface area is 128 Å². The van der Waals surface area contributed by atoms with Gasteiger partial charge in [0.2, 0.25) is 5.91 Å². The highest BCUT2D eigenvalue weighted by Gasteiger charge is 2.26. The van der Waals surface area contributed by atoms with E-state index in [1.807, 2.05) is 45.0 Å². The van der Waals surface area contributed by atoms with Crippen molar-refractivity contribution < 1.29 is 4.79 Å². The molecule has 0 saturated heterocycles. The van der Waals surface area contributed by atoms with Crippen LogP contribution in [0.25, 0.3) is 0 Å². The Hall–Kier alpha value is -0.940. The van der Waals surface area contributed by atoms with Crippen LogP contribution in [0.4, 0.5) is 0 Å². The number of carbonyl (C=O) groups excluding carboxylic acids is 1. The molecule has 1 aromatic carbocycles. The van der Waals surface area contributed by atoms with Crippen LogP contribution in [0.2, 0.25) is 0 Å². The van der Waals surface area contributed by atoms with E-state index in [9.17, 15) is 4.79 Å². The Kier molecular flexibility index (Phi) is 5.94. The number of rotatable bonds is 5. The number of hydrogen-bond acceptors (Lipinski definition) is 2. The molecule has 0 aliphatic heterocycles. The molecular formula is C14H19BrN2OS. The van der Waals surface area contributed by atoms with Gasteiger partial charge in [0.15, 0.2) is 0 Å². The minimum absolute atomic E-state index is 0.0828. The molecule has 104 valence electrons. The second-order valence-electron chi connectivity index (χ2n) is 4.91. The van der Waals surface area contributed by atoms with Crippen LogP contribution in [-0.4, -0.2) is 10.9 Å². The number of hydrogen-bond donors (Lipinski definition) is 2. The zero-order valence-electron chi connectivity index (χ0n) is 11.3. The molecule has 0 saturated carbocycles. The van der Waals surface area contributed by atoms with E-state index < -0.39 is 5.92 Å². The summed E-state index contributed by atoms with van der Waals surface area (Å²) in [5.74, 6) is -0.452. The lowest BCUT2D eigenvalue weighted by Crippen LogP contribution is -2.41. The van der Waals surface area contributed by atoms with Crippen molar-refractivity contribution in [1.82, 2.24) is 5.32 Å². The van der Waals surface area contributed by atoms with Crippen LogP contribution in [0.15, 0.2) is 28.7 Å². The van der Waals surface area contributed by atoms with E-state index in [1.54, 1.807) is 0 Å². The van der Waals surface area contributed by atoms with Gasteiger partial charge >= 0.3 is 0 Å². The third kappa shape index (κ3) is 4.58. The molecule has 1 rings (SSSR count). The monoisotopic (exact) mass is 342 g/mol. The summed E-state index contributed by atoms with van der Waals surface area (Å²) in [7, 11) is 0. The SMILES string of the molecule is CC(NC(=O)C(C(N)=S)C(C)C)c1cccc(Br)c1. The van der Waals surface area contributed by atoms with E-state index >= 15 is 0 Å². The van der Waals surface area contributed by atoms with Gasteiger partial charge in [-0.3, -0.25) is 4.79 Å². The first kappa shape index (κ1) is 16.1. The molecule has 0 aromatic heterocycles. The van der Waals surface area contributed by atoms with Gasteiger partial charge in [0, 0.05) is 4.47 Å². The van der Waals surface area contributed by atoms with Crippen LogP contribution < -0.4 is 11.1 Å². The van der Waals surface area contributed by atoms with Crippen molar-refractivity contribution in [3.63, 3.8) is 0 Å². The fraction of sp³-hybridized carbons (Fsp3) is 0.429. The van der Waals surface area contributed by atoms with Gasteiger partial charge in [-0.05, 0) is 30.5 Å². The Morgan fingerprint density at radius 3 is 2.47 bits per heavy atom. The van der Waals surface area contributed by atoms with Gasteiger partial charge in [-0.1, -0.05) is 54.1 Å². The van der Waals surface area contributed by atoms with Crippen molar-refractivity contribution in [1.29, 1.82) is 0 Å². The molecule has 3 nitrogen and oxygen atoms in total. The highest BCUT2D eigenvalue weighted by atomic mass is 79.9. The van der Waals surface area contributed by atoms with Crippen LogP contribution in [0.1, 0.15) is 32.4 Å². The summed E-state index contributed by atoms with van der Waals surface area (Å²) in [5.41, 5.74) is 6.68.